The van der Waals surface area contributed by atoms with E-state index in [9.17, 15) is 19.1 Å². The first-order chi connectivity index (χ1) is 12.6. The minimum atomic E-state index is -0.635. The summed E-state index contributed by atoms with van der Waals surface area (Å²) in [5, 5.41) is 13.7. The van der Waals surface area contributed by atoms with E-state index in [4.69, 9.17) is 0 Å². The molecule has 3 aromatic rings. The predicted octanol–water partition coefficient (Wildman–Crippen LogP) is 3.47. The Balaban J connectivity index is 2.04. The molecule has 0 aliphatic carbocycles. The zero-order valence-corrected chi connectivity index (χ0v) is 13.7. The van der Waals surface area contributed by atoms with E-state index in [0.29, 0.717) is 22.8 Å². The van der Waals surface area contributed by atoms with Gasteiger partial charge < -0.3 is 10.4 Å². The molecule has 0 fully saturated rings. The van der Waals surface area contributed by atoms with Crippen LogP contribution in [0.15, 0.2) is 49.2 Å². The van der Waals surface area contributed by atoms with Gasteiger partial charge in [0.05, 0.1) is 5.56 Å². The smallest absolute Gasteiger partial charge is 0.256 e. The van der Waals surface area contributed by atoms with E-state index < -0.39 is 5.91 Å². The molecule has 130 valence electrons. The Morgan fingerprint density at radius 1 is 1.23 bits per heavy atom. The summed E-state index contributed by atoms with van der Waals surface area (Å²) in [5.41, 5.74) is 1.18. The number of nitrogens with one attached hydrogen (secondary N) is 1. The van der Waals surface area contributed by atoms with Crippen molar-refractivity contribution in [2.45, 2.75) is 6.54 Å². The van der Waals surface area contributed by atoms with Crippen molar-refractivity contribution in [3.63, 3.8) is 0 Å². The minimum Gasteiger partial charge on any atom is -0.505 e. The van der Waals surface area contributed by atoms with E-state index in [1.165, 1.54) is 36.5 Å². The number of carbonyl (C=O) groups is 2. The summed E-state index contributed by atoms with van der Waals surface area (Å²) in [6.07, 6.45) is 3.44. The zero-order chi connectivity index (χ0) is 18.7. The molecule has 0 aliphatic heterocycles. The molecular formula is C20H15FN2O3. The van der Waals surface area contributed by atoms with Crippen LogP contribution in [0.5, 0.6) is 5.75 Å². The lowest BCUT2D eigenvalue weighted by atomic mass is 9.95. The highest BCUT2D eigenvalue weighted by molar-refractivity contribution is 6.12. The van der Waals surface area contributed by atoms with Crippen LogP contribution in [0.3, 0.4) is 0 Å². The lowest BCUT2D eigenvalue weighted by Crippen LogP contribution is -2.24. The molecule has 0 radical (unpaired) electrons. The van der Waals surface area contributed by atoms with E-state index in [1.807, 2.05) is 0 Å². The largest absolute Gasteiger partial charge is 0.505 e. The van der Waals surface area contributed by atoms with Crippen LogP contribution >= 0.6 is 0 Å². The fourth-order valence-corrected chi connectivity index (χ4v) is 2.78. The molecule has 0 atom stereocenters. The SMILES string of the molecule is C=Cc1c(C=O)c(C(=O)NCc2ccc(F)cc2)c(O)c2ncccc12. The van der Waals surface area contributed by atoms with Crippen LogP contribution in [0, 0.1) is 5.82 Å². The molecule has 0 saturated carbocycles. The number of nitrogens with zero attached hydrogens (tertiary/aromatic N) is 1. The van der Waals surface area contributed by atoms with Crippen LogP contribution < -0.4 is 5.32 Å². The van der Waals surface area contributed by atoms with Crippen molar-refractivity contribution in [1.82, 2.24) is 10.3 Å². The highest BCUT2D eigenvalue weighted by Crippen LogP contribution is 2.34. The van der Waals surface area contributed by atoms with Crippen LogP contribution in [0.2, 0.25) is 0 Å². The minimum absolute atomic E-state index is 0.0367. The number of halogens is 1. The van der Waals surface area contributed by atoms with Gasteiger partial charge in [0.25, 0.3) is 5.91 Å². The molecule has 5 nitrogen and oxygen atoms in total. The first kappa shape index (κ1) is 17.3. The second kappa shape index (κ2) is 7.14. The number of pyridine rings is 1. The summed E-state index contributed by atoms with van der Waals surface area (Å²) in [6, 6.07) is 8.99. The maximum atomic E-state index is 13.0. The molecule has 1 aromatic heterocycles. The summed E-state index contributed by atoms with van der Waals surface area (Å²) in [6.45, 7) is 3.80. The third-order valence-corrected chi connectivity index (χ3v) is 4.03. The fraction of sp³-hybridized carbons (Fsp3) is 0.0500. The average molecular weight is 350 g/mol. The number of aldehydes is 1. The van der Waals surface area contributed by atoms with Crippen molar-refractivity contribution in [3.8, 4) is 5.75 Å². The number of amides is 1. The number of aromatic nitrogens is 1. The van der Waals surface area contributed by atoms with Crippen molar-refractivity contribution < 1.29 is 19.1 Å². The van der Waals surface area contributed by atoms with E-state index in [1.54, 1.807) is 12.1 Å². The Kier molecular flexibility index (Phi) is 4.75. The van der Waals surface area contributed by atoms with Crippen LogP contribution in [-0.4, -0.2) is 22.3 Å². The van der Waals surface area contributed by atoms with Gasteiger partial charge in [0.15, 0.2) is 12.0 Å². The Morgan fingerprint density at radius 3 is 2.62 bits per heavy atom. The molecule has 26 heavy (non-hydrogen) atoms. The molecule has 3 rings (SSSR count). The maximum absolute atomic E-state index is 13.0. The highest BCUT2D eigenvalue weighted by atomic mass is 19.1. The monoisotopic (exact) mass is 350 g/mol. The van der Waals surface area contributed by atoms with Gasteiger partial charge >= 0.3 is 0 Å². The third-order valence-electron chi connectivity index (χ3n) is 4.03. The highest BCUT2D eigenvalue weighted by Gasteiger charge is 2.23. The predicted molar refractivity (Wildman–Crippen MR) is 96.5 cm³/mol. The van der Waals surface area contributed by atoms with Gasteiger partial charge in [-0.15, -0.1) is 0 Å². The van der Waals surface area contributed by atoms with E-state index in [0.717, 1.165) is 0 Å². The van der Waals surface area contributed by atoms with Crippen LogP contribution in [0.4, 0.5) is 4.39 Å². The molecule has 0 saturated heterocycles. The molecule has 1 heterocycles. The number of rotatable bonds is 5. The molecular weight excluding hydrogens is 335 g/mol. The van der Waals surface area contributed by atoms with Gasteiger partial charge in [-0.05, 0) is 29.3 Å². The normalized spacial score (nSPS) is 10.5. The second-order valence-corrected chi connectivity index (χ2v) is 5.58. The molecule has 0 unspecified atom stereocenters. The third kappa shape index (κ3) is 3.04. The number of carbonyl (C=O) groups excluding carboxylic acids is 2. The van der Waals surface area contributed by atoms with Crippen molar-refractivity contribution in [3.05, 3.63) is 77.2 Å². The topological polar surface area (TPSA) is 79.3 Å². The van der Waals surface area contributed by atoms with E-state index >= 15 is 0 Å². The Morgan fingerprint density at radius 2 is 1.96 bits per heavy atom. The van der Waals surface area contributed by atoms with Gasteiger partial charge in [-0.3, -0.25) is 14.6 Å². The van der Waals surface area contributed by atoms with Crippen LogP contribution in [0.1, 0.15) is 31.8 Å². The lowest BCUT2D eigenvalue weighted by molar-refractivity contribution is 0.0942. The molecule has 2 N–H and O–H groups in total. The number of phenols is 1. The van der Waals surface area contributed by atoms with Crippen molar-refractivity contribution in [1.29, 1.82) is 0 Å². The summed E-state index contributed by atoms with van der Waals surface area (Å²) in [5.74, 6) is -1.38. The molecule has 0 aliphatic rings. The van der Waals surface area contributed by atoms with Gasteiger partial charge in [0, 0.05) is 23.7 Å². The number of phenolic OH excluding ortho intramolecular Hbond substituents is 1. The fourth-order valence-electron chi connectivity index (χ4n) is 2.78. The Labute approximate surface area is 148 Å². The van der Waals surface area contributed by atoms with Crippen LogP contribution in [-0.2, 0) is 6.54 Å². The quantitative estimate of drug-likeness (QED) is 0.691. The molecule has 0 spiro atoms. The molecule has 1 amide bonds. The molecule has 2 aromatic carbocycles. The van der Waals surface area contributed by atoms with Crippen molar-refractivity contribution in [2.24, 2.45) is 0 Å². The van der Waals surface area contributed by atoms with Crippen molar-refractivity contribution >= 4 is 29.2 Å². The van der Waals surface area contributed by atoms with Gasteiger partial charge in [-0.1, -0.05) is 30.9 Å². The Bertz CT molecular complexity index is 1010. The summed E-state index contributed by atoms with van der Waals surface area (Å²) < 4.78 is 13.0. The lowest BCUT2D eigenvalue weighted by Gasteiger charge is -2.14. The second-order valence-electron chi connectivity index (χ2n) is 5.58. The van der Waals surface area contributed by atoms with Crippen LogP contribution in [0.25, 0.3) is 17.0 Å². The first-order valence-electron chi connectivity index (χ1n) is 7.80. The van der Waals surface area contributed by atoms with Gasteiger partial charge in [0.2, 0.25) is 0 Å². The number of fused-ring (bicyclic) bond motifs is 1. The summed E-state index contributed by atoms with van der Waals surface area (Å²) in [4.78, 5) is 28.3. The maximum Gasteiger partial charge on any atom is 0.256 e. The number of hydrogen-bond donors (Lipinski definition) is 2. The van der Waals surface area contributed by atoms with E-state index in [-0.39, 0.29) is 34.8 Å². The van der Waals surface area contributed by atoms with Gasteiger partial charge in [-0.25, -0.2) is 4.39 Å². The average Bonchev–Trinajstić information content (AvgIpc) is 2.67. The number of benzene rings is 2. The van der Waals surface area contributed by atoms with Crippen molar-refractivity contribution in [2.75, 3.05) is 0 Å². The number of aromatic hydroxyl groups is 1. The number of hydrogen-bond acceptors (Lipinski definition) is 4. The zero-order valence-electron chi connectivity index (χ0n) is 13.7. The molecule has 6 heteroatoms. The molecule has 0 bridgehead atoms. The van der Waals surface area contributed by atoms with Gasteiger partial charge in [0.1, 0.15) is 11.3 Å². The summed E-state index contributed by atoms with van der Waals surface area (Å²) >= 11 is 0. The summed E-state index contributed by atoms with van der Waals surface area (Å²) in [7, 11) is 0. The van der Waals surface area contributed by atoms with E-state index in [2.05, 4.69) is 16.9 Å². The Hall–Kier alpha value is -3.54. The van der Waals surface area contributed by atoms with Gasteiger partial charge in [-0.2, -0.15) is 0 Å². The first-order valence-corrected chi connectivity index (χ1v) is 7.80. The standard InChI is InChI=1S/C20H15FN2O3/c1-2-14-15-4-3-9-22-18(15)19(25)17(16(14)11-24)20(26)23-10-12-5-7-13(21)8-6-12/h2-9,11,25H,1,10H2,(H,23,26).